The lowest BCUT2D eigenvalue weighted by molar-refractivity contribution is -0.167. The van der Waals surface area contributed by atoms with Gasteiger partial charge in [0.05, 0.1) is 0 Å². The van der Waals surface area contributed by atoms with Crippen LogP contribution >= 0.6 is 0 Å². The summed E-state index contributed by atoms with van der Waals surface area (Å²) >= 11 is 0. The van der Waals surface area contributed by atoms with Crippen LogP contribution in [0.3, 0.4) is 0 Å². The molecular formula is C66H124O6. The van der Waals surface area contributed by atoms with Crippen LogP contribution in [0.4, 0.5) is 0 Å². The summed E-state index contributed by atoms with van der Waals surface area (Å²) in [7, 11) is 0. The van der Waals surface area contributed by atoms with Gasteiger partial charge >= 0.3 is 17.9 Å². The number of hydrogen-bond acceptors (Lipinski definition) is 6. The molecule has 0 aliphatic rings. The van der Waals surface area contributed by atoms with Gasteiger partial charge in [0.2, 0.25) is 0 Å². The number of unbranched alkanes of at least 4 members (excludes halogenated alkanes) is 45. The summed E-state index contributed by atoms with van der Waals surface area (Å²) in [5.74, 6) is -0.857. The van der Waals surface area contributed by atoms with Gasteiger partial charge in [-0.1, -0.05) is 302 Å². The highest BCUT2D eigenvalue weighted by molar-refractivity contribution is 5.71. The number of carbonyl (C=O) groups is 3. The molecular weight excluding hydrogens is 889 g/mol. The Morgan fingerprint density at radius 1 is 0.264 bits per heavy atom. The van der Waals surface area contributed by atoms with Crippen molar-refractivity contribution in [3.8, 4) is 0 Å². The van der Waals surface area contributed by atoms with Gasteiger partial charge in [0, 0.05) is 19.3 Å². The molecule has 0 radical (unpaired) electrons. The monoisotopic (exact) mass is 1010 g/mol. The SMILES string of the molecule is CCCC/C=C\CCCCCCCC(=O)OCC(COC(=O)CCCCCCCCCCCCCCCCCCCCC/C=C\CCCCCCCCCC)OC(=O)CCCCCCCCCCCCCC. The van der Waals surface area contributed by atoms with Crippen molar-refractivity contribution in [3.63, 3.8) is 0 Å². The Labute approximate surface area is 449 Å². The molecule has 424 valence electrons. The molecule has 0 aromatic rings. The van der Waals surface area contributed by atoms with E-state index >= 15 is 0 Å². The standard InChI is InChI=1S/C66H124O6/c1-4-7-10-13-16-19-22-24-25-26-27-28-29-30-31-32-33-34-35-36-37-38-39-40-41-42-45-47-50-53-56-59-65(68)71-62-63(61-70-64(67)58-55-52-49-46-43-21-18-15-12-9-6-3)72-66(69)60-57-54-51-48-44-23-20-17-14-11-8-5-2/h15,18,26-27,63H,4-14,16-17,19-25,28-62H2,1-3H3/b18-15-,27-26-. The van der Waals surface area contributed by atoms with Crippen LogP contribution in [0, 0.1) is 0 Å². The molecule has 0 amide bonds. The van der Waals surface area contributed by atoms with Gasteiger partial charge in [-0.2, -0.15) is 0 Å². The van der Waals surface area contributed by atoms with E-state index in [1.165, 1.54) is 257 Å². The highest BCUT2D eigenvalue weighted by Gasteiger charge is 2.19. The maximum absolute atomic E-state index is 12.8. The molecule has 1 unspecified atom stereocenters. The van der Waals surface area contributed by atoms with Crippen LogP contribution in [0.25, 0.3) is 0 Å². The lowest BCUT2D eigenvalue weighted by atomic mass is 10.0. The van der Waals surface area contributed by atoms with E-state index in [4.69, 9.17) is 14.2 Å². The van der Waals surface area contributed by atoms with E-state index in [2.05, 4.69) is 45.1 Å². The fraction of sp³-hybridized carbons (Fsp3) is 0.894. The van der Waals surface area contributed by atoms with Gasteiger partial charge in [-0.25, -0.2) is 0 Å². The molecule has 72 heavy (non-hydrogen) atoms. The van der Waals surface area contributed by atoms with Crippen LogP contribution in [0.15, 0.2) is 24.3 Å². The van der Waals surface area contributed by atoms with E-state index in [1.807, 2.05) is 0 Å². The van der Waals surface area contributed by atoms with Crippen molar-refractivity contribution < 1.29 is 28.6 Å². The average Bonchev–Trinajstić information content (AvgIpc) is 3.38. The Bertz CT molecular complexity index is 1160. The first-order valence-corrected chi connectivity index (χ1v) is 32.3. The van der Waals surface area contributed by atoms with Crippen LogP contribution in [-0.4, -0.2) is 37.2 Å². The van der Waals surface area contributed by atoms with Gasteiger partial charge in [0.25, 0.3) is 0 Å². The third kappa shape index (κ3) is 58.8. The van der Waals surface area contributed by atoms with Gasteiger partial charge < -0.3 is 14.2 Å². The maximum atomic E-state index is 12.8. The van der Waals surface area contributed by atoms with Crippen molar-refractivity contribution in [1.29, 1.82) is 0 Å². The largest absolute Gasteiger partial charge is 0.462 e. The Morgan fingerprint density at radius 3 is 0.736 bits per heavy atom. The van der Waals surface area contributed by atoms with Crippen molar-refractivity contribution in [3.05, 3.63) is 24.3 Å². The fourth-order valence-corrected chi connectivity index (χ4v) is 9.78. The normalized spacial score (nSPS) is 12.1. The van der Waals surface area contributed by atoms with Gasteiger partial charge in [-0.15, -0.1) is 0 Å². The minimum Gasteiger partial charge on any atom is -0.462 e. The van der Waals surface area contributed by atoms with Crippen molar-refractivity contribution in [2.45, 2.75) is 367 Å². The Morgan fingerprint density at radius 2 is 0.472 bits per heavy atom. The average molecular weight is 1010 g/mol. The first kappa shape index (κ1) is 69.9. The number of esters is 3. The van der Waals surface area contributed by atoms with Crippen molar-refractivity contribution in [1.82, 2.24) is 0 Å². The summed E-state index contributed by atoms with van der Waals surface area (Å²) in [6, 6.07) is 0. The van der Waals surface area contributed by atoms with Gasteiger partial charge in [-0.05, 0) is 64.2 Å². The predicted molar refractivity (Wildman–Crippen MR) is 312 cm³/mol. The highest BCUT2D eigenvalue weighted by atomic mass is 16.6. The maximum Gasteiger partial charge on any atom is 0.306 e. The summed E-state index contributed by atoms with van der Waals surface area (Å²) < 4.78 is 16.9. The lowest BCUT2D eigenvalue weighted by Gasteiger charge is -2.18. The minimum atomic E-state index is -0.769. The number of allylic oxidation sites excluding steroid dienone is 4. The van der Waals surface area contributed by atoms with Crippen LogP contribution in [-0.2, 0) is 28.6 Å². The topological polar surface area (TPSA) is 78.9 Å². The van der Waals surface area contributed by atoms with Gasteiger partial charge in [-0.3, -0.25) is 14.4 Å². The molecule has 0 aromatic heterocycles. The fourth-order valence-electron chi connectivity index (χ4n) is 9.78. The molecule has 0 aromatic carbocycles. The summed E-state index contributed by atoms with van der Waals surface area (Å²) in [5.41, 5.74) is 0. The Kier molecular flexibility index (Phi) is 59.6. The zero-order valence-corrected chi connectivity index (χ0v) is 48.7. The first-order valence-electron chi connectivity index (χ1n) is 32.3. The van der Waals surface area contributed by atoms with Gasteiger partial charge in [0.15, 0.2) is 6.10 Å². The van der Waals surface area contributed by atoms with Crippen LogP contribution < -0.4 is 0 Å². The minimum absolute atomic E-state index is 0.0682. The second-order valence-corrected chi connectivity index (χ2v) is 22.0. The number of hydrogen-bond donors (Lipinski definition) is 0. The van der Waals surface area contributed by atoms with E-state index in [-0.39, 0.29) is 31.1 Å². The molecule has 6 nitrogen and oxygen atoms in total. The molecule has 1 atom stereocenters. The van der Waals surface area contributed by atoms with Crippen LogP contribution in [0.5, 0.6) is 0 Å². The summed E-state index contributed by atoms with van der Waals surface area (Å²) in [4.78, 5) is 38.1. The Hall–Kier alpha value is -2.11. The number of rotatable bonds is 60. The molecule has 0 aliphatic heterocycles. The number of ether oxygens (including phenoxy) is 3. The molecule has 6 heteroatoms. The summed E-state index contributed by atoms with van der Waals surface area (Å²) in [6.45, 7) is 6.64. The van der Waals surface area contributed by atoms with Crippen molar-refractivity contribution in [2.75, 3.05) is 13.2 Å². The molecule has 0 bridgehead atoms. The quantitative estimate of drug-likeness (QED) is 0.0261. The zero-order chi connectivity index (χ0) is 52.2. The second-order valence-electron chi connectivity index (χ2n) is 22.0. The van der Waals surface area contributed by atoms with E-state index in [9.17, 15) is 14.4 Å². The third-order valence-corrected chi connectivity index (χ3v) is 14.7. The molecule has 0 heterocycles. The van der Waals surface area contributed by atoms with Crippen molar-refractivity contribution >= 4 is 17.9 Å². The smallest absolute Gasteiger partial charge is 0.306 e. The first-order chi connectivity index (χ1) is 35.5. The van der Waals surface area contributed by atoms with E-state index in [0.29, 0.717) is 19.3 Å². The number of carbonyl (C=O) groups excluding carboxylic acids is 3. The van der Waals surface area contributed by atoms with E-state index in [1.54, 1.807) is 0 Å². The molecule has 0 N–H and O–H groups in total. The van der Waals surface area contributed by atoms with E-state index in [0.717, 1.165) is 64.2 Å². The zero-order valence-electron chi connectivity index (χ0n) is 48.7. The summed E-state index contributed by atoms with van der Waals surface area (Å²) in [5, 5.41) is 0. The molecule has 0 saturated heterocycles. The lowest BCUT2D eigenvalue weighted by Crippen LogP contribution is -2.30. The molecule has 0 aliphatic carbocycles. The second kappa shape index (κ2) is 61.4. The highest BCUT2D eigenvalue weighted by Crippen LogP contribution is 2.18. The van der Waals surface area contributed by atoms with Crippen LogP contribution in [0.1, 0.15) is 361 Å². The van der Waals surface area contributed by atoms with Crippen molar-refractivity contribution in [2.24, 2.45) is 0 Å². The molecule has 0 spiro atoms. The van der Waals surface area contributed by atoms with Crippen LogP contribution in [0.2, 0.25) is 0 Å². The molecule has 0 saturated carbocycles. The third-order valence-electron chi connectivity index (χ3n) is 14.7. The van der Waals surface area contributed by atoms with Gasteiger partial charge in [0.1, 0.15) is 13.2 Å². The predicted octanol–water partition coefficient (Wildman–Crippen LogP) is 21.8. The molecule has 0 fully saturated rings. The summed E-state index contributed by atoms with van der Waals surface area (Å²) in [6.07, 6.45) is 73.6. The van der Waals surface area contributed by atoms with E-state index < -0.39 is 6.10 Å². The molecule has 0 rings (SSSR count). The Balaban J connectivity index is 4.02.